The van der Waals surface area contributed by atoms with Gasteiger partial charge in [0.15, 0.2) is 0 Å². The molecule has 0 aliphatic carbocycles. The van der Waals surface area contributed by atoms with Crippen molar-refractivity contribution >= 4 is 22.5 Å². The van der Waals surface area contributed by atoms with Crippen LogP contribution in [0.2, 0.25) is 5.02 Å². The fourth-order valence-electron chi connectivity index (χ4n) is 1.62. The molecule has 0 atom stereocenters. The van der Waals surface area contributed by atoms with Crippen molar-refractivity contribution in [1.29, 1.82) is 0 Å². The Hall–Kier alpha value is -1.52. The molecule has 15 heavy (non-hydrogen) atoms. The van der Waals surface area contributed by atoms with Crippen LogP contribution in [0.15, 0.2) is 30.5 Å². The Morgan fingerprint density at radius 2 is 2.20 bits per heavy atom. The van der Waals surface area contributed by atoms with Crippen molar-refractivity contribution in [2.45, 2.75) is 12.8 Å². The van der Waals surface area contributed by atoms with Gasteiger partial charge >= 0.3 is 0 Å². The SMILES string of the molecule is C#CCCc1c(Cl)ccc2cccnc12. The Balaban J connectivity index is 2.59. The maximum absolute atomic E-state index is 6.13. The number of hydrogen-bond donors (Lipinski definition) is 0. The van der Waals surface area contributed by atoms with Crippen LogP contribution in [0.5, 0.6) is 0 Å². The number of nitrogens with zero attached hydrogens (tertiary/aromatic N) is 1. The maximum Gasteiger partial charge on any atom is 0.0749 e. The summed E-state index contributed by atoms with van der Waals surface area (Å²) in [7, 11) is 0. The Morgan fingerprint density at radius 3 is 3.00 bits per heavy atom. The number of aryl methyl sites for hydroxylation is 1. The predicted molar refractivity (Wildman–Crippen MR) is 63.9 cm³/mol. The van der Waals surface area contributed by atoms with Gasteiger partial charge in [-0.1, -0.05) is 23.7 Å². The molecule has 0 aliphatic heterocycles. The Labute approximate surface area is 94.1 Å². The van der Waals surface area contributed by atoms with Crippen LogP contribution < -0.4 is 0 Å². The molecule has 1 aromatic heterocycles. The van der Waals surface area contributed by atoms with Crippen LogP contribution in [0.4, 0.5) is 0 Å². The van der Waals surface area contributed by atoms with Crippen molar-refractivity contribution in [1.82, 2.24) is 4.98 Å². The highest BCUT2D eigenvalue weighted by Crippen LogP contribution is 2.25. The number of pyridine rings is 1. The number of fused-ring (bicyclic) bond motifs is 1. The van der Waals surface area contributed by atoms with E-state index in [-0.39, 0.29) is 0 Å². The van der Waals surface area contributed by atoms with Gasteiger partial charge in [-0.3, -0.25) is 4.98 Å². The first-order valence-corrected chi connectivity index (χ1v) is 5.16. The van der Waals surface area contributed by atoms with Crippen molar-refractivity contribution in [3.8, 4) is 12.3 Å². The third-order valence-electron chi connectivity index (χ3n) is 2.34. The summed E-state index contributed by atoms with van der Waals surface area (Å²) in [5.74, 6) is 2.62. The molecule has 0 fully saturated rings. The van der Waals surface area contributed by atoms with E-state index in [2.05, 4.69) is 10.9 Å². The molecule has 0 spiro atoms. The highest BCUT2D eigenvalue weighted by molar-refractivity contribution is 6.32. The zero-order valence-electron chi connectivity index (χ0n) is 8.20. The zero-order valence-corrected chi connectivity index (χ0v) is 8.96. The van der Waals surface area contributed by atoms with Crippen molar-refractivity contribution in [3.05, 3.63) is 41.0 Å². The highest BCUT2D eigenvalue weighted by Gasteiger charge is 2.05. The van der Waals surface area contributed by atoms with E-state index in [9.17, 15) is 0 Å². The van der Waals surface area contributed by atoms with Gasteiger partial charge in [-0.25, -0.2) is 0 Å². The molecule has 1 nitrogen and oxygen atoms in total. The first-order valence-electron chi connectivity index (χ1n) is 4.78. The third-order valence-corrected chi connectivity index (χ3v) is 2.70. The van der Waals surface area contributed by atoms with Crippen LogP contribution in [0.3, 0.4) is 0 Å². The Bertz CT molecular complexity index is 526. The Morgan fingerprint density at radius 1 is 1.33 bits per heavy atom. The Kier molecular flexibility index (Phi) is 2.89. The average Bonchev–Trinajstić information content (AvgIpc) is 2.28. The van der Waals surface area contributed by atoms with Gasteiger partial charge in [0.25, 0.3) is 0 Å². The standard InChI is InChI=1S/C13H10ClN/c1-2-3-6-11-12(14)8-7-10-5-4-9-15-13(10)11/h1,4-5,7-9H,3,6H2. The molecule has 0 saturated carbocycles. The second-order valence-electron chi connectivity index (χ2n) is 3.31. The molecule has 2 heteroatoms. The van der Waals surface area contributed by atoms with Crippen LogP contribution in [-0.2, 0) is 6.42 Å². The third kappa shape index (κ3) is 1.95. The summed E-state index contributed by atoms with van der Waals surface area (Å²) in [6, 6.07) is 7.82. The van der Waals surface area contributed by atoms with Gasteiger partial charge in [0.1, 0.15) is 0 Å². The van der Waals surface area contributed by atoms with Gasteiger partial charge < -0.3 is 0 Å². The summed E-state index contributed by atoms with van der Waals surface area (Å²) < 4.78 is 0. The van der Waals surface area contributed by atoms with E-state index in [1.54, 1.807) is 6.20 Å². The van der Waals surface area contributed by atoms with E-state index in [1.807, 2.05) is 24.3 Å². The maximum atomic E-state index is 6.13. The molecule has 0 radical (unpaired) electrons. The number of aromatic nitrogens is 1. The molecule has 0 amide bonds. The van der Waals surface area contributed by atoms with Crippen molar-refractivity contribution in [3.63, 3.8) is 0 Å². The van der Waals surface area contributed by atoms with Gasteiger partial charge in [0.05, 0.1) is 5.52 Å². The van der Waals surface area contributed by atoms with E-state index < -0.39 is 0 Å². The fourth-order valence-corrected chi connectivity index (χ4v) is 1.86. The van der Waals surface area contributed by atoms with E-state index in [0.29, 0.717) is 6.42 Å². The molecule has 0 bridgehead atoms. The van der Waals surface area contributed by atoms with Gasteiger partial charge in [-0.05, 0) is 24.1 Å². The van der Waals surface area contributed by atoms with Crippen LogP contribution in [0, 0.1) is 12.3 Å². The topological polar surface area (TPSA) is 12.9 Å². The lowest BCUT2D eigenvalue weighted by Crippen LogP contribution is -1.90. The lowest BCUT2D eigenvalue weighted by molar-refractivity contribution is 1.04. The predicted octanol–water partition coefficient (Wildman–Crippen LogP) is 3.45. The van der Waals surface area contributed by atoms with Crippen LogP contribution >= 0.6 is 11.6 Å². The monoisotopic (exact) mass is 215 g/mol. The molecule has 0 unspecified atom stereocenters. The summed E-state index contributed by atoms with van der Waals surface area (Å²) in [6.45, 7) is 0. The molecule has 0 saturated heterocycles. The van der Waals surface area contributed by atoms with Crippen LogP contribution in [-0.4, -0.2) is 4.98 Å². The molecular weight excluding hydrogens is 206 g/mol. The average molecular weight is 216 g/mol. The first-order chi connectivity index (χ1) is 7.33. The second kappa shape index (κ2) is 4.33. The highest BCUT2D eigenvalue weighted by atomic mass is 35.5. The molecule has 2 aromatic rings. The first kappa shape index (κ1) is 10.0. The van der Waals surface area contributed by atoms with Gasteiger partial charge in [0.2, 0.25) is 0 Å². The van der Waals surface area contributed by atoms with Gasteiger partial charge in [0, 0.05) is 23.0 Å². The van der Waals surface area contributed by atoms with Gasteiger partial charge in [-0.15, -0.1) is 12.3 Å². The second-order valence-corrected chi connectivity index (χ2v) is 3.71. The van der Waals surface area contributed by atoms with E-state index in [4.69, 9.17) is 18.0 Å². The molecule has 0 aliphatic rings. The quantitative estimate of drug-likeness (QED) is 0.700. The summed E-state index contributed by atoms with van der Waals surface area (Å²) in [6.07, 6.45) is 8.50. The van der Waals surface area contributed by atoms with E-state index in [1.165, 1.54) is 0 Å². The largest absolute Gasteiger partial charge is 0.256 e. The summed E-state index contributed by atoms with van der Waals surface area (Å²) in [5, 5.41) is 1.85. The summed E-state index contributed by atoms with van der Waals surface area (Å²) in [5.41, 5.74) is 2.01. The normalized spacial score (nSPS) is 10.1. The van der Waals surface area contributed by atoms with Crippen molar-refractivity contribution in [2.75, 3.05) is 0 Å². The minimum atomic E-state index is 0.690. The van der Waals surface area contributed by atoms with Gasteiger partial charge in [-0.2, -0.15) is 0 Å². The molecule has 74 valence electrons. The smallest absolute Gasteiger partial charge is 0.0749 e. The molecule has 2 rings (SSSR count). The molecule has 1 heterocycles. The minimum Gasteiger partial charge on any atom is -0.256 e. The minimum absolute atomic E-state index is 0.690. The molecule has 0 N–H and O–H groups in total. The molecular formula is C13H10ClN. The number of terminal acetylenes is 1. The van der Waals surface area contributed by atoms with Crippen molar-refractivity contribution in [2.24, 2.45) is 0 Å². The number of benzene rings is 1. The molecule has 1 aromatic carbocycles. The van der Waals surface area contributed by atoms with Crippen LogP contribution in [0.1, 0.15) is 12.0 Å². The number of rotatable bonds is 2. The number of halogens is 1. The van der Waals surface area contributed by atoms with Crippen molar-refractivity contribution < 1.29 is 0 Å². The van der Waals surface area contributed by atoms with Crippen LogP contribution in [0.25, 0.3) is 10.9 Å². The fraction of sp³-hybridized carbons (Fsp3) is 0.154. The summed E-state index contributed by atoms with van der Waals surface area (Å²) >= 11 is 6.13. The number of hydrogen-bond acceptors (Lipinski definition) is 1. The van der Waals surface area contributed by atoms with E-state index >= 15 is 0 Å². The van der Waals surface area contributed by atoms with E-state index in [0.717, 1.165) is 27.9 Å². The lowest BCUT2D eigenvalue weighted by atomic mass is 10.1. The summed E-state index contributed by atoms with van der Waals surface area (Å²) in [4.78, 5) is 4.34. The zero-order chi connectivity index (χ0) is 10.7. The lowest BCUT2D eigenvalue weighted by Gasteiger charge is -2.06.